The second kappa shape index (κ2) is 15.4. The number of hydrogen-bond donors (Lipinski definition) is 1. The molecule has 0 radical (unpaired) electrons. The largest absolute Gasteiger partial charge is 0.356 e. The Hall–Kier alpha value is -3.10. The molecule has 1 N–H and O–H groups in total. The van der Waals surface area contributed by atoms with Crippen LogP contribution in [0.5, 0.6) is 0 Å². The molecule has 2 amide bonds. The van der Waals surface area contributed by atoms with Crippen LogP contribution in [-0.2, 0) is 9.59 Å². The molecular weight excluding hydrogens is 332 g/mol. The molecule has 0 heterocycles. The van der Waals surface area contributed by atoms with Gasteiger partial charge in [-0.3, -0.25) is 19.3 Å². The van der Waals surface area contributed by atoms with Crippen LogP contribution in [0.4, 0.5) is 0 Å². The molecule has 0 aromatic heterocycles. The summed E-state index contributed by atoms with van der Waals surface area (Å²) < 4.78 is 0. The quantitative estimate of drug-likeness (QED) is 0.404. The second-order valence-electron chi connectivity index (χ2n) is 5.76. The van der Waals surface area contributed by atoms with Gasteiger partial charge in [-0.2, -0.15) is 10.5 Å². The minimum Gasteiger partial charge on any atom is -0.356 e. The maximum Gasteiger partial charge on any atom is 0.297 e. The summed E-state index contributed by atoms with van der Waals surface area (Å²) in [7, 11) is 0. The van der Waals surface area contributed by atoms with Crippen molar-refractivity contribution in [3.05, 3.63) is 22.8 Å². The summed E-state index contributed by atoms with van der Waals surface area (Å²) in [6, 6.07) is 3.83. The molecule has 0 saturated carbocycles. The molecule has 0 aromatic carbocycles. The fraction of sp³-hybridized carbons (Fsp3) is 0.667. The van der Waals surface area contributed by atoms with Gasteiger partial charge >= 0.3 is 0 Å². The highest BCUT2D eigenvalue weighted by atomic mass is 16.2. The Bertz CT molecular complexity index is 519. The summed E-state index contributed by atoms with van der Waals surface area (Å²) in [6.45, 7) is 13.9. The van der Waals surface area contributed by atoms with Gasteiger partial charge in [0.2, 0.25) is 11.8 Å². The van der Waals surface area contributed by atoms with E-state index >= 15 is 0 Å². The molecular formula is C18H24N6O2. The average Bonchev–Trinajstić information content (AvgIpc) is 2.63. The smallest absolute Gasteiger partial charge is 0.297 e. The normalized spacial score (nSPS) is 9.42. The molecule has 0 fully saturated rings. The molecule has 0 aliphatic rings. The molecule has 26 heavy (non-hydrogen) atoms. The van der Waals surface area contributed by atoms with Crippen molar-refractivity contribution >= 4 is 11.8 Å². The van der Waals surface area contributed by atoms with E-state index in [4.69, 9.17) is 23.7 Å². The Balaban J connectivity index is 3.79. The predicted molar refractivity (Wildman–Crippen MR) is 94.4 cm³/mol. The molecule has 0 aliphatic carbocycles. The van der Waals surface area contributed by atoms with Crippen LogP contribution in [0.3, 0.4) is 0 Å². The maximum atomic E-state index is 11.8. The maximum absolute atomic E-state index is 11.8. The second-order valence-corrected chi connectivity index (χ2v) is 5.76. The van der Waals surface area contributed by atoms with Gasteiger partial charge in [0.15, 0.2) is 0 Å². The van der Waals surface area contributed by atoms with Gasteiger partial charge in [-0.15, -0.1) is 0 Å². The van der Waals surface area contributed by atoms with Crippen LogP contribution in [0, 0.1) is 41.7 Å². The van der Waals surface area contributed by atoms with Gasteiger partial charge in [0.05, 0.1) is 18.1 Å². The van der Waals surface area contributed by atoms with Crippen molar-refractivity contribution in [1.29, 1.82) is 10.5 Å². The van der Waals surface area contributed by atoms with Crippen molar-refractivity contribution in [1.82, 2.24) is 10.2 Å². The van der Waals surface area contributed by atoms with Crippen molar-refractivity contribution in [2.24, 2.45) is 5.92 Å². The first-order valence-electron chi connectivity index (χ1n) is 8.56. The average molecular weight is 356 g/mol. The van der Waals surface area contributed by atoms with E-state index < -0.39 is 5.92 Å². The Labute approximate surface area is 155 Å². The summed E-state index contributed by atoms with van der Waals surface area (Å²) in [5.41, 5.74) is 0. The molecule has 138 valence electrons. The van der Waals surface area contributed by atoms with E-state index in [1.54, 1.807) is 0 Å². The third kappa shape index (κ3) is 10.6. The zero-order valence-electron chi connectivity index (χ0n) is 14.9. The topological polar surface area (TPSA) is 106 Å². The van der Waals surface area contributed by atoms with Crippen LogP contribution in [-0.4, -0.2) is 36.6 Å². The number of unbranched alkanes of at least 4 members (excludes halogenated alkanes) is 4. The molecule has 0 unspecified atom stereocenters. The third-order valence-corrected chi connectivity index (χ3v) is 3.75. The first-order chi connectivity index (χ1) is 12.6. The molecule has 0 bridgehead atoms. The van der Waals surface area contributed by atoms with E-state index in [1.807, 2.05) is 12.1 Å². The first-order valence-corrected chi connectivity index (χ1v) is 8.56. The summed E-state index contributed by atoms with van der Waals surface area (Å²) in [5, 5.41) is 20.0. The third-order valence-electron chi connectivity index (χ3n) is 3.75. The Morgan fingerprint density at radius 3 is 2.04 bits per heavy atom. The van der Waals surface area contributed by atoms with Crippen LogP contribution >= 0.6 is 0 Å². The number of rotatable bonds is 13. The standard InChI is InChI=1S/C18H24N6O2/c1-21-14-24(15-22-2)17(25)8-6-4-3-5-7-13-23-18(26)16(9-11-19)10-12-20/h16H,3-10,13-15H2,(H,23,26). The molecule has 0 saturated heterocycles. The minimum absolute atomic E-state index is 0.0471. The molecule has 0 atom stereocenters. The number of carbonyl (C=O) groups is 2. The van der Waals surface area contributed by atoms with E-state index in [2.05, 4.69) is 15.0 Å². The predicted octanol–water partition coefficient (Wildman–Crippen LogP) is 2.47. The van der Waals surface area contributed by atoms with Gasteiger partial charge in [-0.1, -0.05) is 19.3 Å². The highest BCUT2D eigenvalue weighted by Crippen LogP contribution is 2.09. The van der Waals surface area contributed by atoms with E-state index in [9.17, 15) is 9.59 Å². The highest BCUT2D eigenvalue weighted by molar-refractivity contribution is 5.79. The Morgan fingerprint density at radius 1 is 0.962 bits per heavy atom. The van der Waals surface area contributed by atoms with Gasteiger partial charge in [0.1, 0.15) is 0 Å². The SMILES string of the molecule is [C-]#[N+]CN(C[N+]#[C-])C(=O)CCCCCCCNC(=O)C(CC#N)CC#N. The number of nitrogens with zero attached hydrogens (tertiary/aromatic N) is 5. The van der Waals surface area contributed by atoms with Crippen molar-refractivity contribution < 1.29 is 9.59 Å². The Morgan fingerprint density at radius 2 is 1.50 bits per heavy atom. The van der Waals surface area contributed by atoms with Gasteiger partial charge < -0.3 is 5.32 Å². The zero-order valence-corrected chi connectivity index (χ0v) is 14.9. The molecule has 0 aromatic rings. The summed E-state index contributed by atoms with van der Waals surface area (Å²) in [4.78, 5) is 31.2. The van der Waals surface area contributed by atoms with Crippen molar-refractivity contribution in [3.8, 4) is 12.1 Å². The first kappa shape index (κ1) is 22.9. The number of carbonyl (C=O) groups excluding carboxylic acids is 2. The lowest BCUT2D eigenvalue weighted by atomic mass is 10.0. The van der Waals surface area contributed by atoms with Crippen LogP contribution in [0.25, 0.3) is 9.69 Å². The fourth-order valence-electron chi connectivity index (χ4n) is 2.30. The summed E-state index contributed by atoms with van der Waals surface area (Å²) in [6.07, 6.45) is 4.65. The van der Waals surface area contributed by atoms with Crippen LogP contribution in [0.15, 0.2) is 0 Å². The van der Waals surface area contributed by atoms with Gasteiger partial charge in [-0.25, -0.2) is 18.0 Å². The zero-order chi connectivity index (χ0) is 19.6. The van der Waals surface area contributed by atoms with E-state index in [0.717, 1.165) is 25.7 Å². The van der Waals surface area contributed by atoms with E-state index in [0.29, 0.717) is 19.4 Å². The lowest BCUT2D eigenvalue weighted by Crippen LogP contribution is -2.31. The number of hydrogen-bond acceptors (Lipinski definition) is 4. The molecule has 0 aliphatic heterocycles. The monoisotopic (exact) mass is 356 g/mol. The minimum atomic E-state index is -0.565. The fourth-order valence-corrected chi connectivity index (χ4v) is 2.30. The lowest BCUT2D eigenvalue weighted by Gasteiger charge is -2.11. The van der Waals surface area contributed by atoms with Crippen LogP contribution in [0.2, 0.25) is 0 Å². The number of amides is 2. The van der Waals surface area contributed by atoms with Gasteiger partial charge in [0, 0.05) is 25.8 Å². The van der Waals surface area contributed by atoms with Crippen molar-refractivity contribution in [2.75, 3.05) is 19.9 Å². The van der Waals surface area contributed by atoms with Crippen LogP contribution in [0.1, 0.15) is 51.4 Å². The van der Waals surface area contributed by atoms with Crippen LogP contribution < -0.4 is 5.32 Å². The summed E-state index contributed by atoms with van der Waals surface area (Å²) >= 11 is 0. The number of nitrogens with one attached hydrogen (secondary N) is 1. The lowest BCUT2D eigenvalue weighted by molar-refractivity contribution is -0.130. The summed E-state index contributed by atoms with van der Waals surface area (Å²) in [5.74, 6) is -0.978. The van der Waals surface area contributed by atoms with Crippen molar-refractivity contribution in [2.45, 2.75) is 51.4 Å². The number of nitriles is 2. The highest BCUT2D eigenvalue weighted by Gasteiger charge is 2.18. The Kier molecular flexibility index (Phi) is 13.6. The molecule has 8 heteroatoms. The van der Waals surface area contributed by atoms with Gasteiger partial charge in [-0.05, 0) is 12.8 Å². The molecule has 0 rings (SSSR count). The van der Waals surface area contributed by atoms with Crippen molar-refractivity contribution in [3.63, 3.8) is 0 Å². The van der Waals surface area contributed by atoms with E-state index in [-0.39, 0.29) is 38.0 Å². The van der Waals surface area contributed by atoms with E-state index in [1.165, 1.54) is 4.90 Å². The van der Waals surface area contributed by atoms with Gasteiger partial charge in [0.25, 0.3) is 13.3 Å². The molecule has 0 spiro atoms. The molecule has 8 nitrogen and oxygen atoms in total.